The Hall–Kier alpha value is -1.58. The number of anilines is 1. The van der Waals surface area contributed by atoms with Crippen LogP contribution in [0.2, 0.25) is 0 Å². The van der Waals surface area contributed by atoms with Crippen molar-refractivity contribution in [1.82, 2.24) is 14.6 Å². The summed E-state index contributed by atoms with van der Waals surface area (Å²) in [7, 11) is 0. The number of aromatic nitrogens is 3. The van der Waals surface area contributed by atoms with Crippen LogP contribution < -0.4 is 5.32 Å². The first kappa shape index (κ1) is 9.45. The Morgan fingerprint density at radius 3 is 3.06 bits per heavy atom. The second kappa shape index (κ2) is 3.45. The summed E-state index contributed by atoms with van der Waals surface area (Å²) in [6.45, 7) is 0. The van der Waals surface area contributed by atoms with Crippen LogP contribution in [0.3, 0.4) is 0 Å². The number of nitrogens with one attached hydrogen (secondary N) is 1. The molecule has 4 heteroatoms. The second-order valence-electron chi connectivity index (χ2n) is 5.37. The van der Waals surface area contributed by atoms with Crippen molar-refractivity contribution in [2.75, 3.05) is 5.32 Å². The van der Waals surface area contributed by atoms with Crippen LogP contribution in [0.25, 0.3) is 5.65 Å². The van der Waals surface area contributed by atoms with Crippen LogP contribution in [0, 0.1) is 11.8 Å². The highest BCUT2D eigenvalue weighted by Gasteiger charge is 2.39. The molecule has 2 aliphatic carbocycles. The molecule has 4 rings (SSSR count). The molecule has 88 valence electrons. The van der Waals surface area contributed by atoms with Crippen molar-refractivity contribution < 1.29 is 0 Å². The molecule has 4 nitrogen and oxygen atoms in total. The Balaban J connectivity index is 1.58. The molecule has 2 fully saturated rings. The highest BCUT2D eigenvalue weighted by Crippen LogP contribution is 2.45. The average molecular weight is 228 g/mol. The van der Waals surface area contributed by atoms with Crippen molar-refractivity contribution in [2.24, 2.45) is 11.8 Å². The molecule has 2 saturated carbocycles. The number of rotatable bonds is 2. The van der Waals surface area contributed by atoms with E-state index in [9.17, 15) is 0 Å². The maximum Gasteiger partial charge on any atom is 0.157 e. The lowest BCUT2D eigenvalue weighted by molar-refractivity contribution is 0.439. The fraction of sp³-hybridized carbons (Fsp3) is 0.538. The molecule has 17 heavy (non-hydrogen) atoms. The first-order chi connectivity index (χ1) is 8.38. The van der Waals surface area contributed by atoms with Gasteiger partial charge in [-0.1, -0.05) is 6.42 Å². The third kappa shape index (κ3) is 1.51. The fourth-order valence-corrected chi connectivity index (χ4v) is 3.50. The van der Waals surface area contributed by atoms with E-state index in [-0.39, 0.29) is 0 Å². The monoisotopic (exact) mass is 228 g/mol. The summed E-state index contributed by atoms with van der Waals surface area (Å²) in [6, 6.07) is 4.60. The highest BCUT2D eigenvalue weighted by atomic mass is 15.2. The predicted molar refractivity (Wildman–Crippen MR) is 65.8 cm³/mol. The van der Waals surface area contributed by atoms with Crippen molar-refractivity contribution in [3.8, 4) is 0 Å². The minimum absolute atomic E-state index is 0.645. The zero-order valence-electron chi connectivity index (χ0n) is 9.71. The van der Waals surface area contributed by atoms with Gasteiger partial charge in [-0.05, 0) is 37.2 Å². The molecule has 3 unspecified atom stereocenters. The summed E-state index contributed by atoms with van der Waals surface area (Å²) in [6.07, 6.45) is 9.35. The van der Waals surface area contributed by atoms with Crippen LogP contribution in [-0.4, -0.2) is 20.6 Å². The van der Waals surface area contributed by atoms with Crippen LogP contribution in [0.4, 0.5) is 5.82 Å². The van der Waals surface area contributed by atoms with Gasteiger partial charge in [-0.3, -0.25) is 0 Å². The quantitative estimate of drug-likeness (QED) is 0.857. The molecule has 2 aliphatic rings. The van der Waals surface area contributed by atoms with Gasteiger partial charge in [-0.2, -0.15) is 5.10 Å². The topological polar surface area (TPSA) is 42.2 Å². The normalized spacial score (nSPS) is 31.2. The maximum atomic E-state index is 4.57. The Morgan fingerprint density at radius 1 is 1.24 bits per heavy atom. The molecule has 0 amide bonds. The van der Waals surface area contributed by atoms with Gasteiger partial charge in [0.05, 0.1) is 6.20 Å². The van der Waals surface area contributed by atoms with E-state index in [1.54, 1.807) is 10.7 Å². The Bertz CT molecular complexity index is 547. The van der Waals surface area contributed by atoms with Gasteiger partial charge in [0, 0.05) is 18.3 Å². The highest BCUT2D eigenvalue weighted by molar-refractivity contribution is 5.46. The van der Waals surface area contributed by atoms with E-state index >= 15 is 0 Å². The van der Waals surface area contributed by atoms with Crippen LogP contribution in [-0.2, 0) is 0 Å². The lowest BCUT2D eigenvalue weighted by Crippen LogP contribution is -2.26. The molecule has 2 aromatic heterocycles. The first-order valence-electron chi connectivity index (χ1n) is 6.45. The van der Waals surface area contributed by atoms with E-state index in [1.165, 1.54) is 25.7 Å². The Morgan fingerprint density at radius 2 is 2.24 bits per heavy atom. The molecule has 0 aliphatic heterocycles. The molecule has 0 saturated heterocycles. The van der Waals surface area contributed by atoms with Gasteiger partial charge in [0.1, 0.15) is 5.82 Å². The number of fused-ring (bicyclic) bond motifs is 3. The lowest BCUT2D eigenvalue weighted by Gasteiger charge is -2.23. The minimum Gasteiger partial charge on any atom is -0.367 e. The van der Waals surface area contributed by atoms with E-state index < -0.39 is 0 Å². The second-order valence-corrected chi connectivity index (χ2v) is 5.37. The number of hydrogen-bond acceptors (Lipinski definition) is 3. The van der Waals surface area contributed by atoms with E-state index in [2.05, 4.69) is 15.4 Å². The Kier molecular flexibility index (Phi) is 1.92. The van der Waals surface area contributed by atoms with Gasteiger partial charge in [0.15, 0.2) is 5.65 Å². The van der Waals surface area contributed by atoms with Gasteiger partial charge in [-0.25, -0.2) is 9.50 Å². The van der Waals surface area contributed by atoms with Crippen LogP contribution >= 0.6 is 0 Å². The smallest absolute Gasteiger partial charge is 0.157 e. The molecule has 2 heterocycles. The summed E-state index contributed by atoms with van der Waals surface area (Å²) in [5.41, 5.74) is 0.915. The molecule has 1 N–H and O–H groups in total. The van der Waals surface area contributed by atoms with Gasteiger partial charge in [-0.15, -0.1) is 0 Å². The summed E-state index contributed by atoms with van der Waals surface area (Å²) >= 11 is 0. The predicted octanol–water partition coefficient (Wildman–Crippen LogP) is 2.33. The van der Waals surface area contributed by atoms with Gasteiger partial charge < -0.3 is 5.32 Å². The first-order valence-corrected chi connectivity index (χ1v) is 6.45. The minimum atomic E-state index is 0.645. The van der Waals surface area contributed by atoms with Crippen molar-refractivity contribution in [2.45, 2.75) is 31.7 Å². The van der Waals surface area contributed by atoms with Crippen LogP contribution in [0.1, 0.15) is 25.7 Å². The van der Waals surface area contributed by atoms with Gasteiger partial charge in [0.25, 0.3) is 0 Å². The molecule has 2 bridgehead atoms. The van der Waals surface area contributed by atoms with E-state index in [1.807, 2.05) is 18.3 Å². The molecule has 0 radical (unpaired) electrons. The molecule has 3 atom stereocenters. The van der Waals surface area contributed by atoms with Crippen molar-refractivity contribution in [1.29, 1.82) is 0 Å². The number of hydrogen-bond donors (Lipinski definition) is 1. The summed E-state index contributed by atoms with van der Waals surface area (Å²) < 4.78 is 1.80. The largest absolute Gasteiger partial charge is 0.367 e. The Labute approximate surface area is 100 Å². The van der Waals surface area contributed by atoms with Crippen LogP contribution in [0.15, 0.2) is 24.5 Å². The average Bonchev–Trinajstić information content (AvgIpc) is 3.03. The third-order valence-corrected chi connectivity index (χ3v) is 4.33. The van der Waals surface area contributed by atoms with Gasteiger partial charge in [0.2, 0.25) is 0 Å². The lowest BCUT2D eigenvalue weighted by atomic mass is 9.95. The maximum absolute atomic E-state index is 4.57. The van der Waals surface area contributed by atoms with Crippen LogP contribution in [0.5, 0.6) is 0 Å². The third-order valence-electron chi connectivity index (χ3n) is 4.33. The van der Waals surface area contributed by atoms with E-state index in [0.717, 1.165) is 23.3 Å². The van der Waals surface area contributed by atoms with Gasteiger partial charge >= 0.3 is 0 Å². The van der Waals surface area contributed by atoms with Crippen molar-refractivity contribution in [3.05, 3.63) is 24.5 Å². The molecule has 0 spiro atoms. The van der Waals surface area contributed by atoms with Crippen molar-refractivity contribution >= 4 is 11.5 Å². The zero-order chi connectivity index (χ0) is 11.2. The van der Waals surface area contributed by atoms with E-state index in [0.29, 0.717) is 6.04 Å². The SMILES string of the molecule is c1cc2nc(NC3CC4CCC3C4)ccn2n1. The molecular formula is C13H16N4. The van der Waals surface area contributed by atoms with E-state index in [4.69, 9.17) is 0 Å². The summed E-state index contributed by atoms with van der Waals surface area (Å²) in [4.78, 5) is 4.57. The van der Waals surface area contributed by atoms with Crippen molar-refractivity contribution in [3.63, 3.8) is 0 Å². The summed E-state index contributed by atoms with van der Waals surface area (Å²) in [5, 5.41) is 7.76. The zero-order valence-corrected chi connectivity index (χ0v) is 9.71. The standard InChI is InChI=1S/C13H16N4/c1-2-10-7-9(1)8-11(10)15-12-4-6-17-13(16-12)3-5-14-17/h3-6,9-11H,1-2,7-8H2,(H,15,16). The summed E-state index contributed by atoms with van der Waals surface area (Å²) in [5.74, 6) is 2.84. The molecule has 0 aromatic carbocycles. The fourth-order valence-electron chi connectivity index (χ4n) is 3.50. The molecular weight excluding hydrogens is 212 g/mol. The number of nitrogens with zero attached hydrogens (tertiary/aromatic N) is 3. The molecule has 2 aromatic rings.